The quantitative estimate of drug-likeness (QED) is 0.908. The van der Waals surface area contributed by atoms with E-state index in [2.05, 4.69) is 21.4 Å². The Hall–Kier alpha value is -2.61. The first-order valence-corrected chi connectivity index (χ1v) is 5.96. The van der Waals surface area contributed by atoms with E-state index in [1.54, 1.807) is 24.4 Å². The van der Waals surface area contributed by atoms with Crippen LogP contribution in [-0.4, -0.2) is 16.6 Å². The van der Waals surface area contributed by atoms with E-state index in [4.69, 9.17) is 10.00 Å². The number of aromatic nitrogens is 2. The lowest BCUT2D eigenvalue weighted by molar-refractivity contribution is 0.327. The maximum Gasteiger partial charge on any atom is 0.213 e. The van der Waals surface area contributed by atoms with Crippen LogP contribution in [0.15, 0.2) is 30.5 Å². The summed E-state index contributed by atoms with van der Waals surface area (Å²) in [6.07, 6.45) is 1.65. The molecule has 5 nitrogen and oxygen atoms in total. The second-order valence-corrected chi connectivity index (χ2v) is 3.90. The third-order valence-corrected chi connectivity index (χ3v) is 2.45. The van der Waals surface area contributed by atoms with Crippen LogP contribution < -0.4 is 10.1 Å². The normalized spacial score (nSPS) is 9.74. The van der Waals surface area contributed by atoms with Crippen LogP contribution in [0.4, 0.5) is 11.5 Å². The van der Waals surface area contributed by atoms with Crippen molar-refractivity contribution in [1.29, 1.82) is 5.26 Å². The lowest BCUT2D eigenvalue weighted by Crippen LogP contribution is -1.99. The SMILES string of the molecule is CCOc1ccc(Nc2nc(C)ccc2C#N)cn1. The zero-order valence-electron chi connectivity index (χ0n) is 10.8. The molecule has 0 atom stereocenters. The van der Waals surface area contributed by atoms with E-state index >= 15 is 0 Å². The molecule has 0 spiro atoms. The van der Waals surface area contributed by atoms with Crippen molar-refractivity contribution in [2.24, 2.45) is 0 Å². The first-order chi connectivity index (χ1) is 9.22. The molecule has 96 valence electrons. The molecule has 0 saturated heterocycles. The third-order valence-electron chi connectivity index (χ3n) is 2.45. The van der Waals surface area contributed by atoms with E-state index in [1.807, 2.05) is 19.9 Å². The molecule has 0 bridgehead atoms. The highest BCUT2D eigenvalue weighted by molar-refractivity contribution is 5.62. The van der Waals surface area contributed by atoms with Crippen molar-refractivity contribution >= 4 is 11.5 Å². The fraction of sp³-hybridized carbons (Fsp3) is 0.214. The zero-order chi connectivity index (χ0) is 13.7. The van der Waals surface area contributed by atoms with E-state index in [-0.39, 0.29) is 0 Å². The Balaban J connectivity index is 2.21. The largest absolute Gasteiger partial charge is 0.478 e. The summed E-state index contributed by atoms with van der Waals surface area (Å²) < 4.78 is 5.27. The van der Waals surface area contributed by atoms with Crippen molar-refractivity contribution in [2.75, 3.05) is 11.9 Å². The molecule has 2 rings (SSSR count). The van der Waals surface area contributed by atoms with Crippen LogP contribution in [0.5, 0.6) is 5.88 Å². The van der Waals surface area contributed by atoms with E-state index in [0.29, 0.717) is 23.9 Å². The molecular formula is C14H14N4O. The summed E-state index contributed by atoms with van der Waals surface area (Å²) >= 11 is 0. The summed E-state index contributed by atoms with van der Waals surface area (Å²) in [7, 11) is 0. The molecule has 0 aliphatic rings. The summed E-state index contributed by atoms with van der Waals surface area (Å²) in [4.78, 5) is 8.45. The minimum Gasteiger partial charge on any atom is -0.478 e. The molecule has 0 aliphatic heterocycles. The molecule has 0 aromatic carbocycles. The van der Waals surface area contributed by atoms with Gasteiger partial charge in [-0.25, -0.2) is 9.97 Å². The third kappa shape index (κ3) is 3.19. The predicted molar refractivity (Wildman–Crippen MR) is 72.4 cm³/mol. The van der Waals surface area contributed by atoms with Crippen LogP contribution in [0.3, 0.4) is 0 Å². The fourth-order valence-corrected chi connectivity index (χ4v) is 1.57. The molecule has 1 N–H and O–H groups in total. The minimum absolute atomic E-state index is 0.500. The van der Waals surface area contributed by atoms with Crippen molar-refractivity contribution in [2.45, 2.75) is 13.8 Å². The van der Waals surface area contributed by atoms with Gasteiger partial charge in [0.2, 0.25) is 5.88 Å². The van der Waals surface area contributed by atoms with Gasteiger partial charge in [0.15, 0.2) is 0 Å². The van der Waals surface area contributed by atoms with Gasteiger partial charge < -0.3 is 10.1 Å². The van der Waals surface area contributed by atoms with E-state index in [0.717, 1.165) is 11.4 Å². The maximum atomic E-state index is 9.04. The number of pyridine rings is 2. The minimum atomic E-state index is 0.500. The monoisotopic (exact) mass is 254 g/mol. The molecule has 0 fully saturated rings. The number of ether oxygens (including phenoxy) is 1. The van der Waals surface area contributed by atoms with Crippen LogP contribution in [0, 0.1) is 18.3 Å². The van der Waals surface area contributed by atoms with Crippen molar-refractivity contribution in [3.05, 3.63) is 41.7 Å². The molecule has 0 unspecified atom stereocenters. The van der Waals surface area contributed by atoms with Crippen molar-refractivity contribution in [3.8, 4) is 11.9 Å². The van der Waals surface area contributed by atoms with Gasteiger partial charge in [0, 0.05) is 11.8 Å². The summed E-state index contributed by atoms with van der Waals surface area (Å²) in [5.41, 5.74) is 2.11. The number of nitriles is 1. The average molecular weight is 254 g/mol. The van der Waals surface area contributed by atoms with Gasteiger partial charge in [-0.1, -0.05) is 0 Å². The highest BCUT2D eigenvalue weighted by Gasteiger charge is 2.05. The topological polar surface area (TPSA) is 70.8 Å². The van der Waals surface area contributed by atoms with E-state index < -0.39 is 0 Å². The van der Waals surface area contributed by atoms with Crippen molar-refractivity contribution in [1.82, 2.24) is 9.97 Å². The van der Waals surface area contributed by atoms with Gasteiger partial charge in [0.1, 0.15) is 11.9 Å². The van der Waals surface area contributed by atoms with Crippen LogP contribution in [0.1, 0.15) is 18.2 Å². The number of nitrogens with zero attached hydrogens (tertiary/aromatic N) is 3. The molecule has 2 heterocycles. The van der Waals surface area contributed by atoms with E-state index in [1.165, 1.54) is 0 Å². The number of hydrogen-bond donors (Lipinski definition) is 1. The second-order valence-electron chi connectivity index (χ2n) is 3.90. The highest BCUT2D eigenvalue weighted by Crippen LogP contribution is 2.19. The predicted octanol–water partition coefficient (Wildman–Crippen LogP) is 2.80. The Morgan fingerprint density at radius 3 is 2.79 bits per heavy atom. The van der Waals surface area contributed by atoms with E-state index in [9.17, 15) is 0 Å². The Morgan fingerprint density at radius 2 is 2.16 bits per heavy atom. The van der Waals surface area contributed by atoms with Crippen molar-refractivity contribution < 1.29 is 4.74 Å². The number of aryl methyl sites for hydroxylation is 1. The molecule has 0 saturated carbocycles. The molecule has 5 heteroatoms. The Kier molecular flexibility index (Phi) is 3.94. The maximum absolute atomic E-state index is 9.04. The molecule has 2 aromatic rings. The van der Waals surface area contributed by atoms with Crippen LogP contribution >= 0.6 is 0 Å². The Labute approximate surface area is 111 Å². The lowest BCUT2D eigenvalue weighted by Gasteiger charge is -2.08. The van der Waals surface area contributed by atoms with Gasteiger partial charge in [-0.05, 0) is 32.0 Å². The molecular weight excluding hydrogens is 240 g/mol. The standard InChI is InChI=1S/C14H14N4O/c1-3-19-13-7-6-12(9-16-13)18-14-11(8-15)5-4-10(2)17-14/h4-7,9H,3H2,1-2H3,(H,17,18). The summed E-state index contributed by atoms with van der Waals surface area (Å²) in [6.45, 7) is 4.37. The summed E-state index contributed by atoms with van der Waals surface area (Å²) in [6, 6.07) is 9.26. The lowest BCUT2D eigenvalue weighted by atomic mass is 10.2. The van der Waals surface area contributed by atoms with Crippen LogP contribution in [0.25, 0.3) is 0 Å². The first-order valence-electron chi connectivity index (χ1n) is 5.96. The highest BCUT2D eigenvalue weighted by atomic mass is 16.5. The smallest absolute Gasteiger partial charge is 0.213 e. The van der Waals surface area contributed by atoms with Gasteiger partial charge >= 0.3 is 0 Å². The molecule has 19 heavy (non-hydrogen) atoms. The second kappa shape index (κ2) is 5.83. The van der Waals surface area contributed by atoms with Gasteiger partial charge in [0.25, 0.3) is 0 Å². The van der Waals surface area contributed by atoms with Crippen molar-refractivity contribution in [3.63, 3.8) is 0 Å². The van der Waals surface area contributed by atoms with Crippen LogP contribution in [-0.2, 0) is 0 Å². The van der Waals surface area contributed by atoms with Gasteiger partial charge in [-0.3, -0.25) is 0 Å². The summed E-state index contributed by atoms with van der Waals surface area (Å²) in [5, 5.41) is 12.1. The first kappa shape index (κ1) is 12.8. The average Bonchev–Trinajstić information content (AvgIpc) is 2.42. The Morgan fingerprint density at radius 1 is 1.32 bits per heavy atom. The molecule has 0 aliphatic carbocycles. The Bertz CT molecular complexity index is 602. The number of hydrogen-bond acceptors (Lipinski definition) is 5. The fourth-order valence-electron chi connectivity index (χ4n) is 1.57. The number of anilines is 2. The van der Waals surface area contributed by atoms with Gasteiger partial charge in [0.05, 0.1) is 24.1 Å². The van der Waals surface area contributed by atoms with Crippen LogP contribution in [0.2, 0.25) is 0 Å². The number of nitrogens with one attached hydrogen (secondary N) is 1. The molecule has 2 aromatic heterocycles. The summed E-state index contributed by atoms with van der Waals surface area (Å²) in [5.74, 6) is 1.11. The van der Waals surface area contributed by atoms with Gasteiger partial charge in [-0.15, -0.1) is 0 Å². The number of rotatable bonds is 4. The molecule has 0 radical (unpaired) electrons. The zero-order valence-corrected chi connectivity index (χ0v) is 10.8. The molecule has 0 amide bonds. The van der Waals surface area contributed by atoms with Gasteiger partial charge in [-0.2, -0.15) is 5.26 Å².